The minimum atomic E-state index is -0.930. The number of anilines is 1. The molecule has 0 aliphatic carbocycles. The molecule has 110 valence electrons. The van der Waals surface area contributed by atoms with Gasteiger partial charge in [0.2, 0.25) is 5.88 Å². The molecule has 1 aromatic heterocycles. The lowest BCUT2D eigenvalue weighted by Gasteiger charge is -2.10. The van der Waals surface area contributed by atoms with Gasteiger partial charge in [0.25, 0.3) is 0 Å². The number of carbonyl (C=O) groups is 1. The first-order chi connectivity index (χ1) is 10.0. The second-order valence-electron chi connectivity index (χ2n) is 4.76. The van der Waals surface area contributed by atoms with Crippen molar-refractivity contribution >= 4 is 11.8 Å². The van der Waals surface area contributed by atoms with Gasteiger partial charge in [-0.15, -0.1) is 0 Å². The van der Waals surface area contributed by atoms with Crippen molar-refractivity contribution in [2.45, 2.75) is 26.5 Å². The lowest BCUT2D eigenvalue weighted by Crippen LogP contribution is -2.08. The van der Waals surface area contributed by atoms with E-state index in [2.05, 4.69) is 15.3 Å². The molecule has 1 heterocycles. The fourth-order valence-electron chi connectivity index (χ4n) is 1.70. The van der Waals surface area contributed by atoms with Gasteiger partial charge in [-0.05, 0) is 31.5 Å². The molecule has 0 unspecified atom stereocenters. The van der Waals surface area contributed by atoms with Crippen LogP contribution >= 0.6 is 0 Å². The van der Waals surface area contributed by atoms with Crippen molar-refractivity contribution in [3.8, 4) is 5.88 Å². The van der Waals surface area contributed by atoms with Crippen molar-refractivity contribution in [1.29, 1.82) is 0 Å². The molecule has 0 atom stereocenters. The van der Waals surface area contributed by atoms with Gasteiger partial charge in [0.1, 0.15) is 12.1 Å². The van der Waals surface area contributed by atoms with E-state index in [0.29, 0.717) is 18.2 Å². The third-order valence-electron chi connectivity index (χ3n) is 2.67. The lowest BCUT2D eigenvalue weighted by molar-refractivity contribution is 0.0697. The fourth-order valence-corrected chi connectivity index (χ4v) is 1.70. The van der Waals surface area contributed by atoms with Gasteiger partial charge in [-0.1, -0.05) is 12.1 Å². The maximum atomic E-state index is 10.8. The molecular weight excluding hydrogens is 270 g/mol. The van der Waals surface area contributed by atoms with E-state index in [9.17, 15) is 4.79 Å². The van der Waals surface area contributed by atoms with E-state index in [1.54, 1.807) is 30.3 Å². The van der Waals surface area contributed by atoms with Crippen LogP contribution in [0.5, 0.6) is 5.88 Å². The predicted molar refractivity (Wildman–Crippen MR) is 78.5 cm³/mol. The van der Waals surface area contributed by atoms with Crippen molar-refractivity contribution in [2.75, 3.05) is 5.32 Å². The third kappa shape index (κ3) is 4.45. The molecule has 0 saturated carbocycles. The maximum Gasteiger partial charge on any atom is 0.335 e. The summed E-state index contributed by atoms with van der Waals surface area (Å²) in [4.78, 5) is 18.9. The molecule has 0 bridgehead atoms. The Balaban J connectivity index is 1.97. The minimum absolute atomic E-state index is 0.0521. The number of carboxylic acids is 1. The molecule has 0 fully saturated rings. The molecule has 6 nitrogen and oxygen atoms in total. The van der Waals surface area contributed by atoms with Crippen LogP contribution in [-0.4, -0.2) is 27.1 Å². The van der Waals surface area contributed by atoms with Crippen molar-refractivity contribution in [2.24, 2.45) is 0 Å². The zero-order valence-corrected chi connectivity index (χ0v) is 11.9. The molecule has 0 spiro atoms. The summed E-state index contributed by atoms with van der Waals surface area (Å²) in [6.45, 7) is 4.40. The van der Waals surface area contributed by atoms with E-state index >= 15 is 0 Å². The fraction of sp³-hybridized carbons (Fsp3) is 0.267. The highest BCUT2D eigenvalue weighted by Gasteiger charge is 2.04. The summed E-state index contributed by atoms with van der Waals surface area (Å²) in [6, 6.07) is 8.41. The molecule has 0 amide bonds. The van der Waals surface area contributed by atoms with Gasteiger partial charge in [0, 0.05) is 12.6 Å². The van der Waals surface area contributed by atoms with Crippen LogP contribution in [0, 0.1) is 0 Å². The number of nitrogens with one attached hydrogen (secondary N) is 1. The number of hydrogen-bond donors (Lipinski definition) is 2. The summed E-state index contributed by atoms with van der Waals surface area (Å²) in [7, 11) is 0. The first-order valence-electron chi connectivity index (χ1n) is 6.59. The van der Waals surface area contributed by atoms with Crippen LogP contribution in [0.1, 0.15) is 29.8 Å². The van der Waals surface area contributed by atoms with Gasteiger partial charge in [0.05, 0.1) is 11.7 Å². The number of carboxylic acid groups (broad SMARTS) is 1. The van der Waals surface area contributed by atoms with Crippen LogP contribution in [0.3, 0.4) is 0 Å². The van der Waals surface area contributed by atoms with Gasteiger partial charge in [-0.3, -0.25) is 0 Å². The van der Waals surface area contributed by atoms with Crippen molar-refractivity contribution in [1.82, 2.24) is 9.97 Å². The average molecular weight is 287 g/mol. The highest BCUT2D eigenvalue weighted by atomic mass is 16.5. The molecule has 0 aliphatic heterocycles. The van der Waals surface area contributed by atoms with Gasteiger partial charge in [0.15, 0.2) is 0 Å². The topological polar surface area (TPSA) is 84.3 Å². The van der Waals surface area contributed by atoms with Crippen LogP contribution in [0.2, 0.25) is 0 Å². The van der Waals surface area contributed by atoms with Crippen molar-refractivity contribution in [3.63, 3.8) is 0 Å². The Morgan fingerprint density at radius 3 is 2.62 bits per heavy atom. The van der Waals surface area contributed by atoms with E-state index in [1.165, 1.54) is 6.33 Å². The number of ether oxygens (including phenoxy) is 1. The van der Waals surface area contributed by atoms with E-state index in [0.717, 1.165) is 5.56 Å². The zero-order chi connectivity index (χ0) is 15.2. The number of benzene rings is 1. The van der Waals surface area contributed by atoms with Crippen LogP contribution in [0.4, 0.5) is 5.82 Å². The molecule has 0 aliphatic rings. The minimum Gasteiger partial charge on any atom is -0.478 e. The largest absolute Gasteiger partial charge is 0.478 e. The van der Waals surface area contributed by atoms with Crippen molar-refractivity contribution in [3.05, 3.63) is 47.8 Å². The summed E-state index contributed by atoms with van der Waals surface area (Å²) in [5, 5.41) is 12.0. The second-order valence-corrected chi connectivity index (χ2v) is 4.76. The van der Waals surface area contributed by atoms with Crippen molar-refractivity contribution < 1.29 is 14.6 Å². The first-order valence-corrected chi connectivity index (χ1v) is 6.59. The highest BCUT2D eigenvalue weighted by molar-refractivity contribution is 5.87. The Hall–Kier alpha value is -2.63. The quantitative estimate of drug-likeness (QED) is 0.849. The Kier molecular flexibility index (Phi) is 4.71. The number of rotatable bonds is 6. The normalized spacial score (nSPS) is 10.4. The SMILES string of the molecule is CC(C)Oc1cc(NCc2ccc(C(=O)O)cc2)ncn1. The molecule has 2 N–H and O–H groups in total. The summed E-state index contributed by atoms with van der Waals surface area (Å²) < 4.78 is 5.49. The summed E-state index contributed by atoms with van der Waals surface area (Å²) in [6.07, 6.45) is 1.49. The van der Waals surface area contributed by atoms with Crippen LogP contribution < -0.4 is 10.1 Å². The monoisotopic (exact) mass is 287 g/mol. The van der Waals surface area contributed by atoms with Gasteiger partial charge in [-0.2, -0.15) is 0 Å². The van der Waals surface area contributed by atoms with E-state index < -0.39 is 5.97 Å². The number of hydrogen-bond acceptors (Lipinski definition) is 5. The molecule has 1 aromatic carbocycles. The lowest BCUT2D eigenvalue weighted by atomic mass is 10.1. The Morgan fingerprint density at radius 2 is 2.00 bits per heavy atom. The average Bonchev–Trinajstić information content (AvgIpc) is 2.45. The van der Waals surface area contributed by atoms with Crippen LogP contribution in [0.25, 0.3) is 0 Å². The van der Waals surface area contributed by atoms with Gasteiger partial charge < -0.3 is 15.2 Å². The second kappa shape index (κ2) is 6.69. The third-order valence-corrected chi connectivity index (χ3v) is 2.67. The molecule has 21 heavy (non-hydrogen) atoms. The van der Waals surface area contributed by atoms with Crippen LogP contribution in [-0.2, 0) is 6.54 Å². The predicted octanol–water partition coefficient (Wildman–Crippen LogP) is 2.57. The molecule has 0 saturated heterocycles. The van der Waals surface area contributed by atoms with E-state index in [1.807, 2.05) is 13.8 Å². The van der Waals surface area contributed by atoms with Crippen LogP contribution in [0.15, 0.2) is 36.7 Å². The Labute approximate surface area is 122 Å². The Bertz CT molecular complexity index is 612. The van der Waals surface area contributed by atoms with Gasteiger partial charge >= 0.3 is 5.97 Å². The number of nitrogens with zero attached hydrogens (tertiary/aromatic N) is 2. The summed E-state index contributed by atoms with van der Waals surface area (Å²) >= 11 is 0. The number of aromatic nitrogens is 2. The number of aromatic carboxylic acids is 1. The highest BCUT2D eigenvalue weighted by Crippen LogP contribution is 2.14. The smallest absolute Gasteiger partial charge is 0.335 e. The van der Waals surface area contributed by atoms with Gasteiger partial charge in [-0.25, -0.2) is 14.8 Å². The molecular formula is C15H17N3O3. The van der Waals surface area contributed by atoms with E-state index in [4.69, 9.17) is 9.84 Å². The maximum absolute atomic E-state index is 10.8. The molecule has 0 radical (unpaired) electrons. The molecule has 2 aromatic rings. The molecule has 2 rings (SSSR count). The summed E-state index contributed by atoms with van der Waals surface area (Å²) in [5.41, 5.74) is 1.23. The standard InChI is InChI=1S/C15H17N3O3/c1-10(2)21-14-7-13(17-9-18-14)16-8-11-3-5-12(6-4-11)15(19)20/h3-7,9-10H,8H2,1-2H3,(H,19,20)(H,16,17,18). The van der Waals surface area contributed by atoms with E-state index in [-0.39, 0.29) is 11.7 Å². The Morgan fingerprint density at radius 1 is 1.29 bits per heavy atom. The zero-order valence-electron chi connectivity index (χ0n) is 11.9. The molecule has 6 heteroatoms. The first kappa shape index (κ1) is 14.8. The summed E-state index contributed by atoms with van der Waals surface area (Å²) in [5.74, 6) is 0.243.